The quantitative estimate of drug-likeness (QED) is 0.339. The zero-order chi connectivity index (χ0) is 3.58. The van der Waals surface area contributed by atoms with Gasteiger partial charge >= 0.3 is 17.4 Å². The minimum Gasteiger partial charge on any atom is -0.652 e. The predicted octanol–water partition coefficient (Wildman–Crippen LogP) is -2.67. The van der Waals surface area contributed by atoms with Crippen molar-refractivity contribution >= 4 is 23.5 Å². The van der Waals surface area contributed by atoms with Crippen molar-refractivity contribution in [3.8, 4) is 0 Å². The van der Waals surface area contributed by atoms with E-state index in [0.29, 0.717) is 0 Å². The Morgan fingerprint density at radius 3 is 1.33 bits per heavy atom. The van der Waals surface area contributed by atoms with Crippen molar-refractivity contribution in [3.63, 3.8) is 0 Å². The van der Waals surface area contributed by atoms with Crippen molar-refractivity contribution in [1.82, 2.24) is 6.15 Å². The first-order valence-corrected chi connectivity index (χ1v) is 0.612. The summed E-state index contributed by atoms with van der Waals surface area (Å²) in [4.78, 5) is 8.33. The van der Waals surface area contributed by atoms with E-state index in [4.69, 9.17) is 15.0 Å². The molecular weight excluding hydrogens is 101 g/mol. The second-order valence-electron chi connectivity index (χ2n) is 0.250. The van der Waals surface area contributed by atoms with Crippen LogP contribution in [0.4, 0.5) is 4.79 Å². The van der Waals surface area contributed by atoms with Gasteiger partial charge < -0.3 is 21.2 Å². The topological polar surface area (TPSA) is 98.2 Å². The number of rotatable bonds is 0. The fourth-order valence-corrected chi connectivity index (χ4v) is 0. The van der Waals surface area contributed by atoms with Gasteiger partial charge in [0.25, 0.3) is 0 Å². The summed E-state index contributed by atoms with van der Waals surface area (Å²) in [5.41, 5.74) is 0. The van der Waals surface area contributed by atoms with E-state index in [1.807, 2.05) is 0 Å². The van der Waals surface area contributed by atoms with Crippen molar-refractivity contribution in [2.75, 3.05) is 0 Å². The Morgan fingerprint density at radius 2 is 1.33 bits per heavy atom. The van der Waals surface area contributed by atoms with Crippen molar-refractivity contribution in [1.29, 1.82) is 0 Å². The summed E-state index contributed by atoms with van der Waals surface area (Å²) in [6.07, 6.45) is -2.33. The molecular formula is CH3AlNO3+. The van der Waals surface area contributed by atoms with Gasteiger partial charge in [-0.05, 0) is 6.16 Å². The van der Waals surface area contributed by atoms with Crippen LogP contribution in [-0.4, -0.2) is 23.5 Å². The van der Waals surface area contributed by atoms with Gasteiger partial charge in [0.05, 0.1) is 0 Å². The summed E-state index contributed by atoms with van der Waals surface area (Å²) in [6.45, 7) is 0. The molecule has 0 aromatic carbocycles. The molecule has 0 rings (SSSR count). The third kappa shape index (κ3) is 509. The van der Waals surface area contributed by atoms with Gasteiger partial charge in [0.1, 0.15) is 0 Å². The number of hydrogen-bond acceptors (Lipinski definition) is 4. The summed E-state index contributed by atoms with van der Waals surface area (Å²) in [5.74, 6) is 0. The van der Waals surface area contributed by atoms with E-state index in [0.717, 1.165) is 0 Å². The summed E-state index contributed by atoms with van der Waals surface area (Å²) >= 11 is 0. The van der Waals surface area contributed by atoms with Crippen molar-refractivity contribution in [3.05, 3.63) is 0 Å². The molecule has 0 saturated heterocycles. The molecule has 0 spiro atoms. The second kappa shape index (κ2) is 8.83. The molecule has 5 heteroatoms. The molecule has 0 aliphatic carbocycles. The fraction of sp³-hybridized carbons (Fsp3) is 0. The molecule has 32 valence electrons. The Bertz CT molecular complexity index is 33.8. The average Bonchev–Trinajstić information content (AvgIpc) is 0.811. The molecule has 0 fully saturated rings. The van der Waals surface area contributed by atoms with Crippen LogP contribution in [0.2, 0.25) is 0 Å². The number of carbonyl (C=O) groups is 1. The summed E-state index contributed by atoms with van der Waals surface area (Å²) < 4.78 is 0. The minimum atomic E-state index is -2.33. The molecule has 6 heavy (non-hydrogen) atoms. The van der Waals surface area contributed by atoms with Crippen LogP contribution in [0.25, 0.3) is 0 Å². The Labute approximate surface area is 45.5 Å². The fourth-order valence-electron chi connectivity index (χ4n) is 0. The molecule has 0 bridgehead atoms. The van der Waals surface area contributed by atoms with Crippen LogP contribution < -0.4 is 16.4 Å². The molecule has 0 aromatic rings. The van der Waals surface area contributed by atoms with Crippen molar-refractivity contribution in [2.24, 2.45) is 0 Å². The van der Waals surface area contributed by atoms with Crippen LogP contribution in [0.1, 0.15) is 0 Å². The molecule has 0 unspecified atom stereocenters. The van der Waals surface area contributed by atoms with Crippen LogP contribution in [0, 0.1) is 0 Å². The molecule has 0 aliphatic rings. The van der Waals surface area contributed by atoms with E-state index in [9.17, 15) is 0 Å². The van der Waals surface area contributed by atoms with Gasteiger partial charge in [-0.25, -0.2) is 0 Å². The van der Waals surface area contributed by atoms with Gasteiger partial charge in [-0.3, -0.25) is 0 Å². The van der Waals surface area contributed by atoms with Crippen LogP contribution >= 0.6 is 0 Å². The van der Waals surface area contributed by atoms with Gasteiger partial charge in [0.15, 0.2) is 0 Å². The summed E-state index contributed by atoms with van der Waals surface area (Å²) in [7, 11) is 0. The summed E-state index contributed by atoms with van der Waals surface area (Å²) in [6, 6.07) is 0. The molecule has 0 heterocycles. The molecule has 0 aromatic heterocycles. The smallest absolute Gasteiger partial charge is 0.652 e. The van der Waals surface area contributed by atoms with E-state index in [1.54, 1.807) is 0 Å². The van der Waals surface area contributed by atoms with Crippen molar-refractivity contribution in [2.45, 2.75) is 0 Å². The molecule has 0 amide bonds. The maximum absolute atomic E-state index is 8.33. The van der Waals surface area contributed by atoms with Crippen LogP contribution in [-0.2, 0) is 0 Å². The number of carboxylic acid groups (broad SMARTS) is 2. The zero-order valence-corrected chi connectivity index (χ0v) is 4.16. The molecule has 3 N–H and O–H groups in total. The van der Waals surface area contributed by atoms with Gasteiger partial charge in [-0.1, -0.05) is 0 Å². The maximum atomic E-state index is 8.33. The largest absolute Gasteiger partial charge is 3.00 e. The first-order chi connectivity index (χ1) is 1.73. The number of carbonyl (C=O) groups excluding carboxylic acids is 1. The maximum Gasteiger partial charge on any atom is 3.00 e. The molecule has 4 nitrogen and oxygen atoms in total. The van der Waals surface area contributed by atoms with Gasteiger partial charge in [-0.15, -0.1) is 0 Å². The third-order valence-corrected chi connectivity index (χ3v) is 0. The zero-order valence-electron chi connectivity index (χ0n) is 3.01. The Kier molecular flexibility index (Phi) is 25.2. The minimum absolute atomic E-state index is 0. The van der Waals surface area contributed by atoms with E-state index >= 15 is 0 Å². The SMILES string of the molecule is N.O=C([O-])[O-].[Al+3]. The van der Waals surface area contributed by atoms with Crippen LogP contribution in [0.3, 0.4) is 0 Å². The van der Waals surface area contributed by atoms with Gasteiger partial charge in [0, 0.05) is 0 Å². The van der Waals surface area contributed by atoms with Gasteiger partial charge in [-0.2, -0.15) is 0 Å². The molecule has 0 radical (unpaired) electrons. The predicted molar refractivity (Wildman–Crippen MR) is 16.2 cm³/mol. The Morgan fingerprint density at radius 1 is 1.33 bits per heavy atom. The van der Waals surface area contributed by atoms with Gasteiger partial charge in [0.2, 0.25) is 0 Å². The van der Waals surface area contributed by atoms with E-state index in [2.05, 4.69) is 0 Å². The van der Waals surface area contributed by atoms with E-state index < -0.39 is 6.16 Å². The number of hydrogen-bond donors (Lipinski definition) is 1. The second-order valence-corrected chi connectivity index (χ2v) is 0.250. The summed E-state index contributed by atoms with van der Waals surface area (Å²) in [5, 5.41) is 16.7. The van der Waals surface area contributed by atoms with Crippen molar-refractivity contribution < 1.29 is 15.0 Å². The van der Waals surface area contributed by atoms with E-state index in [-0.39, 0.29) is 23.5 Å². The normalized spacial score (nSPS) is 4.00. The van der Waals surface area contributed by atoms with E-state index in [1.165, 1.54) is 0 Å². The average molecular weight is 104 g/mol. The Hall–Kier alpha value is -0.238. The molecule has 0 atom stereocenters. The third-order valence-electron chi connectivity index (χ3n) is 0. The van der Waals surface area contributed by atoms with Crippen LogP contribution in [0.5, 0.6) is 0 Å². The van der Waals surface area contributed by atoms with Crippen LogP contribution in [0.15, 0.2) is 0 Å². The monoisotopic (exact) mass is 104 g/mol. The Balaban J connectivity index is -0.0000000450. The molecule has 0 aliphatic heterocycles. The first kappa shape index (κ1) is 17.1. The first-order valence-electron chi connectivity index (χ1n) is 0.612. The molecule has 0 saturated carbocycles. The standard InChI is InChI=1S/CH2O3.Al.H3N/c2-1(3)4;;/h(H2,2,3,4);;1H3/q;+3;/p-2.